The first kappa shape index (κ1) is 16.2. The van der Waals surface area contributed by atoms with E-state index in [9.17, 15) is 0 Å². The molecule has 21 heavy (non-hydrogen) atoms. The van der Waals surface area contributed by atoms with Crippen molar-refractivity contribution in [2.24, 2.45) is 0 Å². The lowest BCUT2D eigenvalue weighted by molar-refractivity contribution is 0.255. The number of aryl methyl sites for hydroxylation is 4. The Morgan fingerprint density at radius 3 is 2.57 bits per heavy atom. The Morgan fingerprint density at radius 2 is 1.95 bits per heavy atom. The van der Waals surface area contributed by atoms with Gasteiger partial charge in [-0.3, -0.25) is 4.90 Å². The molecular formula is C18H26N2S. The van der Waals surface area contributed by atoms with Crippen LogP contribution < -0.4 is 0 Å². The zero-order chi connectivity index (χ0) is 15.6. The van der Waals surface area contributed by atoms with Gasteiger partial charge in [-0.1, -0.05) is 30.7 Å². The van der Waals surface area contributed by atoms with Gasteiger partial charge in [0.1, 0.15) is 0 Å². The van der Waals surface area contributed by atoms with Crippen LogP contribution in [0.5, 0.6) is 0 Å². The van der Waals surface area contributed by atoms with E-state index in [-0.39, 0.29) is 0 Å². The summed E-state index contributed by atoms with van der Waals surface area (Å²) in [6, 6.07) is 7.11. The minimum absolute atomic E-state index is 0.405. The number of nitrogens with zero attached hydrogens (tertiary/aromatic N) is 2. The Balaban J connectivity index is 2.17. The van der Waals surface area contributed by atoms with Gasteiger partial charge in [0.05, 0.1) is 10.7 Å². The molecule has 0 aliphatic rings. The lowest BCUT2D eigenvalue weighted by Gasteiger charge is -2.25. The molecule has 0 fully saturated rings. The van der Waals surface area contributed by atoms with E-state index in [1.54, 1.807) is 0 Å². The normalized spacial score (nSPS) is 12.9. The molecule has 0 radical (unpaired) electrons. The minimum atomic E-state index is 0.405. The summed E-state index contributed by atoms with van der Waals surface area (Å²) in [6.45, 7) is 11.9. The number of hydrogen-bond acceptors (Lipinski definition) is 3. The first-order valence-corrected chi connectivity index (χ1v) is 8.46. The number of hydrogen-bond donors (Lipinski definition) is 0. The smallest absolute Gasteiger partial charge is 0.0928 e. The van der Waals surface area contributed by atoms with E-state index < -0.39 is 0 Å². The molecule has 1 aromatic carbocycles. The van der Waals surface area contributed by atoms with Gasteiger partial charge < -0.3 is 0 Å². The van der Waals surface area contributed by atoms with Gasteiger partial charge in [0, 0.05) is 17.5 Å². The van der Waals surface area contributed by atoms with Gasteiger partial charge in [0.15, 0.2) is 0 Å². The van der Waals surface area contributed by atoms with Gasteiger partial charge >= 0.3 is 0 Å². The van der Waals surface area contributed by atoms with Crippen LogP contribution in [0.3, 0.4) is 0 Å². The second-order valence-corrected chi connectivity index (χ2v) is 7.05. The summed E-state index contributed by atoms with van der Waals surface area (Å²) in [5.41, 5.74) is 5.31. The fourth-order valence-corrected chi connectivity index (χ4v) is 3.71. The van der Waals surface area contributed by atoms with Crippen LogP contribution in [0.2, 0.25) is 0 Å². The van der Waals surface area contributed by atoms with E-state index in [2.05, 4.69) is 69.7 Å². The second kappa shape index (κ2) is 6.71. The van der Waals surface area contributed by atoms with E-state index in [4.69, 9.17) is 0 Å². The highest BCUT2D eigenvalue weighted by molar-refractivity contribution is 7.11. The first-order chi connectivity index (χ1) is 9.92. The molecule has 0 saturated heterocycles. The lowest BCUT2D eigenvalue weighted by atomic mass is 10.0. The molecule has 0 spiro atoms. The average molecular weight is 302 g/mol. The van der Waals surface area contributed by atoms with E-state index in [0.29, 0.717) is 6.04 Å². The molecule has 0 amide bonds. The SMILES string of the molecule is CCc1nc(C)c([C@H](C)N(C)Cc2cc(C)ccc2C)s1. The van der Waals surface area contributed by atoms with Crippen LogP contribution in [0.1, 0.15) is 52.2 Å². The third-order valence-electron chi connectivity index (χ3n) is 4.14. The summed E-state index contributed by atoms with van der Waals surface area (Å²) in [5, 5.41) is 1.24. The van der Waals surface area contributed by atoms with Crippen molar-refractivity contribution in [3.63, 3.8) is 0 Å². The van der Waals surface area contributed by atoms with Crippen molar-refractivity contribution < 1.29 is 0 Å². The monoisotopic (exact) mass is 302 g/mol. The molecule has 114 valence electrons. The van der Waals surface area contributed by atoms with E-state index >= 15 is 0 Å². The molecule has 2 aromatic rings. The van der Waals surface area contributed by atoms with Gasteiger partial charge in [-0.25, -0.2) is 4.98 Å². The summed E-state index contributed by atoms with van der Waals surface area (Å²) in [6.07, 6.45) is 1.03. The molecular weight excluding hydrogens is 276 g/mol. The van der Waals surface area contributed by atoms with Gasteiger partial charge in [-0.2, -0.15) is 0 Å². The summed E-state index contributed by atoms with van der Waals surface area (Å²) in [5.74, 6) is 0. The second-order valence-electron chi connectivity index (χ2n) is 5.93. The van der Waals surface area contributed by atoms with Crippen LogP contribution >= 0.6 is 11.3 Å². The maximum atomic E-state index is 4.66. The first-order valence-electron chi connectivity index (χ1n) is 7.65. The third kappa shape index (κ3) is 3.72. The summed E-state index contributed by atoms with van der Waals surface area (Å²) >= 11 is 1.86. The van der Waals surface area contributed by atoms with Crippen LogP contribution in [-0.4, -0.2) is 16.9 Å². The molecule has 1 heterocycles. The van der Waals surface area contributed by atoms with Crippen LogP contribution in [-0.2, 0) is 13.0 Å². The largest absolute Gasteiger partial charge is 0.294 e. The van der Waals surface area contributed by atoms with Gasteiger partial charge in [-0.15, -0.1) is 11.3 Å². The highest BCUT2D eigenvalue weighted by Crippen LogP contribution is 2.30. The molecule has 0 bridgehead atoms. The van der Waals surface area contributed by atoms with Crippen molar-refractivity contribution in [2.45, 2.75) is 53.6 Å². The zero-order valence-electron chi connectivity index (χ0n) is 14.0. The molecule has 0 aliphatic heterocycles. The highest BCUT2D eigenvalue weighted by atomic mass is 32.1. The molecule has 0 saturated carbocycles. The van der Waals surface area contributed by atoms with Crippen molar-refractivity contribution in [1.82, 2.24) is 9.88 Å². The molecule has 2 rings (SSSR count). The Morgan fingerprint density at radius 1 is 1.24 bits per heavy atom. The van der Waals surface area contributed by atoms with Crippen molar-refractivity contribution in [3.05, 3.63) is 50.5 Å². The maximum absolute atomic E-state index is 4.66. The van der Waals surface area contributed by atoms with Crippen LogP contribution in [0.25, 0.3) is 0 Å². The van der Waals surface area contributed by atoms with E-state index in [1.165, 1.54) is 32.3 Å². The Hall–Kier alpha value is -1.19. The molecule has 3 heteroatoms. The molecule has 0 unspecified atom stereocenters. The summed E-state index contributed by atoms with van der Waals surface area (Å²) in [4.78, 5) is 8.48. The molecule has 2 nitrogen and oxygen atoms in total. The minimum Gasteiger partial charge on any atom is -0.294 e. The number of rotatable bonds is 5. The van der Waals surface area contributed by atoms with Crippen molar-refractivity contribution in [2.75, 3.05) is 7.05 Å². The van der Waals surface area contributed by atoms with Crippen molar-refractivity contribution in [1.29, 1.82) is 0 Å². The van der Waals surface area contributed by atoms with Gasteiger partial charge in [0.2, 0.25) is 0 Å². The predicted octanol–water partition coefficient (Wildman–Crippen LogP) is 4.82. The number of benzene rings is 1. The fourth-order valence-electron chi connectivity index (χ4n) is 2.58. The average Bonchev–Trinajstić information content (AvgIpc) is 2.83. The Bertz CT molecular complexity index is 616. The Kier molecular flexibility index (Phi) is 5.17. The number of thiazole rings is 1. The molecule has 0 N–H and O–H groups in total. The summed E-state index contributed by atoms with van der Waals surface area (Å²) in [7, 11) is 2.21. The van der Waals surface area contributed by atoms with Crippen molar-refractivity contribution >= 4 is 11.3 Å². The van der Waals surface area contributed by atoms with Crippen LogP contribution in [0.4, 0.5) is 0 Å². The van der Waals surface area contributed by atoms with Gasteiger partial charge in [-0.05, 0) is 52.3 Å². The predicted molar refractivity (Wildman–Crippen MR) is 92.0 cm³/mol. The maximum Gasteiger partial charge on any atom is 0.0928 e. The summed E-state index contributed by atoms with van der Waals surface area (Å²) < 4.78 is 0. The fraction of sp³-hybridized carbons (Fsp3) is 0.500. The van der Waals surface area contributed by atoms with E-state index in [1.807, 2.05) is 11.3 Å². The quantitative estimate of drug-likeness (QED) is 0.787. The zero-order valence-corrected chi connectivity index (χ0v) is 14.8. The molecule has 0 aliphatic carbocycles. The van der Waals surface area contributed by atoms with Crippen LogP contribution in [0.15, 0.2) is 18.2 Å². The van der Waals surface area contributed by atoms with Crippen LogP contribution in [0, 0.1) is 20.8 Å². The third-order valence-corrected chi connectivity index (χ3v) is 5.62. The molecule has 1 aromatic heterocycles. The highest BCUT2D eigenvalue weighted by Gasteiger charge is 2.18. The topological polar surface area (TPSA) is 16.1 Å². The lowest BCUT2D eigenvalue weighted by Crippen LogP contribution is -2.22. The Labute approximate surface area is 132 Å². The van der Waals surface area contributed by atoms with Crippen molar-refractivity contribution in [3.8, 4) is 0 Å². The van der Waals surface area contributed by atoms with Gasteiger partial charge in [0.25, 0.3) is 0 Å². The van der Waals surface area contributed by atoms with E-state index in [0.717, 1.165) is 13.0 Å². The standard InChI is InChI=1S/C18H26N2S/c1-7-17-19-14(4)18(21-17)15(5)20(6)11-16-10-12(2)8-9-13(16)3/h8-10,15H,7,11H2,1-6H3/t15-/m0/s1. The molecule has 1 atom stereocenters. The number of aromatic nitrogens is 1.